The number of amides is 1. The number of nitrogens with one attached hydrogen (secondary N) is 2. The monoisotopic (exact) mass is 516 g/mol. The fraction of sp³-hybridized carbons (Fsp3) is 0.370. The number of carbonyl (C=O) groups is 1. The molecule has 11 nitrogen and oxygen atoms in total. The molecule has 198 valence electrons. The van der Waals surface area contributed by atoms with Crippen LogP contribution < -0.4 is 21.2 Å². The summed E-state index contributed by atoms with van der Waals surface area (Å²) in [5.74, 6) is 1.65. The molecule has 5 rings (SSSR count). The lowest BCUT2D eigenvalue weighted by molar-refractivity contribution is 0.0636. The molecule has 0 atom stereocenters. The Morgan fingerprint density at radius 1 is 1.11 bits per heavy atom. The summed E-state index contributed by atoms with van der Waals surface area (Å²) < 4.78 is 8.66. The smallest absolute Gasteiger partial charge is 0.412 e. The molecule has 1 saturated carbocycles. The van der Waals surface area contributed by atoms with Crippen LogP contribution in [0.25, 0.3) is 16.9 Å². The van der Waals surface area contributed by atoms with Gasteiger partial charge >= 0.3 is 11.8 Å². The van der Waals surface area contributed by atoms with Crippen molar-refractivity contribution in [1.29, 1.82) is 0 Å². The molecular formula is C27H32N8O3. The molecule has 0 spiro atoms. The highest BCUT2D eigenvalue weighted by atomic mass is 16.6. The zero-order chi connectivity index (χ0) is 27.0. The van der Waals surface area contributed by atoms with E-state index < -0.39 is 11.7 Å². The first-order chi connectivity index (χ1) is 18.1. The van der Waals surface area contributed by atoms with Crippen molar-refractivity contribution < 1.29 is 9.53 Å². The molecule has 0 radical (unpaired) electrons. The predicted octanol–water partition coefficient (Wildman–Crippen LogP) is 4.54. The van der Waals surface area contributed by atoms with E-state index in [1.165, 1.54) is 0 Å². The van der Waals surface area contributed by atoms with Crippen molar-refractivity contribution in [3.8, 4) is 5.69 Å². The topological polar surface area (TPSA) is 119 Å². The Kier molecular flexibility index (Phi) is 6.52. The summed E-state index contributed by atoms with van der Waals surface area (Å²) in [6.07, 6.45) is 5.02. The van der Waals surface area contributed by atoms with Gasteiger partial charge in [-0.05, 0) is 69.9 Å². The van der Waals surface area contributed by atoms with E-state index in [2.05, 4.69) is 20.6 Å². The lowest BCUT2D eigenvalue weighted by Gasteiger charge is -2.19. The quantitative estimate of drug-likeness (QED) is 0.367. The number of benzene rings is 1. The standard InChI is InChI=1S/C27H32N8O3/c1-27(2,3)38-25(36)31-18-7-6-8-20(13-18)35-23-21(34(26(35)37)16-17-9-10-17)15-29-24(32-23)30-19-11-12-22(28-14-19)33(4)5/h6-8,11-15,17H,9-10,16H2,1-5H3,(H,31,36)(H,29,30,32). The van der Waals surface area contributed by atoms with Crippen molar-refractivity contribution in [2.45, 2.75) is 45.8 Å². The van der Waals surface area contributed by atoms with Crippen molar-refractivity contribution in [2.24, 2.45) is 5.92 Å². The van der Waals surface area contributed by atoms with Gasteiger partial charge in [0.15, 0.2) is 5.65 Å². The number of nitrogens with zero attached hydrogens (tertiary/aromatic N) is 6. The largest absolute Gasteiger partial charge is 0.444 e. The number of hydrogen-bond donors (Lipinski definition) is 2. The number of pyridine rings is 1. The highest BCUT2D eigenvalue weighted by Gasteiger charge is 2.26. The molecule has 0 bridgehead atoms. The Morgan fingerprint density at radius 2 is 1.89 bits per heavy atom. The number of imidazole rings is 1. The van der Waals surface area contributed by atoms with Crippen molar-refractivity contribution in [2.75, 3.05) is 29.6 Å². The maximum Gasteiger partial charge on any atom is 0.412 e. The average molecular weight is 517 g/mol. The molecule has 4 aromatic rings. The van der Waals surface area contributed by atoms with Crippen LogP contribution in [0.3, 0.4) is 0 Å². The first-order valence-corrected chi connectivity index (χ1v) is 12.6. The van der Waals surface area contributed by atoms with Crippen molar-refractivity contribution in [3.63, 3.8) is 0 Å². The number of aromatic nitrogens is 5. The molecule has 11 heteroatoms. The van der Waals surface area contributed by atoms with E-state index in [1.807, 2.05) is 37.2 Å². The fourth-order valence-corrected chi connectivity index (χ4v) is 4.06. The number of anilines is 4. The molecular weight excluding hydrogens is 484 g/mol. The third kappa shape index (κ3) is 5.61. The summed E-state index contributed by atoms with van der Waals surface area (Å²) in [6, 6.07) is 10.8. The minimum Gasteiger partial charge on any atom is -0.444 e. The lowest BCUT2D eigenvalue weighted by Crippen LogP contribution is -2.27. The molecule has 1 amide bonds. The van der Waals surface area contributed by atoms with E-state index >= 15 is 0 Å². The highest BCUT2D eigenvalue weighted by Crippen LogP contribution is 2.31. The lowest BCUT2D eigenvalue weighted by atomic mass is 10.2. The maximum atomic E-state index is 13.7. The van der Waals surface area contributed by atoms with Crippen LogP contribution in [-0.2, 0) is 11.3 Å². The van der Waals surface area contributed by atoms with Crippen LogP contribution in [0.4, 0.5) is 27.9 Å². The number of fused-ring (bicyclic) bond motifs is 1. The Hall–Kier alpha value is -4.41. The number of carbonyl (C=O) groups excluding carboxylic acids is 1. The second-order valence-electron chi connectivity index (χ2n) is 10.7. The molecule has 2 N–H and O–H groups in total. The third-order valence-electron chi connectivity index (χ3n) is 6.02. The second kappa shape index (κ2) is 9.81. The Labute approximate surface area is 220 Å². The van der Waals surface area contributed by atoms with E-state index in [1.54, 1.807) is 60.5 Å². The van der Waals surface area contributed by atoms with Crippen LogP contribution in [-0.4, -0.2) is 49.9 Å². The van der Waals surface area contributed by atoms with Crippen molar-refractivity contribution in [1.82, 2.24) is 24.1 Å². The van der Waals surface area contributed by atoms with Gasteiger partial charge in [0, 0.05) is 26.3 Å². The van der Waals surface area contributed by atoms with Crippen LogP contribution in [0.15, 0.2) is 53.6 Å². The number of hydrogen-bond acceptors (Lipinski definition) is 8. The van der Waals surface area contributed by atoms with E-state index in [-0.39, 0.29) is 5.69 Å². The Balaban J connectivity index is 1.52. The van der Waals surface area contributed by atoms with Crippen LogP contribution >= 0.6 is 0 Å². The molecule has 0 saturated heterocycles. The zero-order valence-corrected chi connectivity index (χ0v) is 22.2. The normalized spacial score (nSPS) is 13.4. The average Bonchev–Trinajstić information content (AvgIpc) is 3.62. The fourth-order valence-electron chi connectivity index (χ4n) is 4.06. The van der Waals surface area contributed by atoms with Crippen LogP contribution in [0, 0.1) is 5.92 Å². The number of ether oxygens (including phenoxy) is 1. The maximum absolute atomic E-state index is 13.7. The van der Waals surface area contributed by atoms with Gasteiger partial charge in [0.1, 0.15) is 16.9 Å². The summed E-state index contributed by atoms with van der Waals surface area (Å²) >= 11 is 0. The van der Waals surface area contributed by atoms with E-state index in [0.29, 0.717) is 40.9 Å². The summed E-state index contributed by atoms with van der Waals surface area (Å²) in [5, 5.41) is 5.92. The highest BCUT2D eigenvalue weighted by molar-refractivity contribution is 5.85. The van der Waals surface area contributed by atoms with E-state index in [0.717, 1.165) is 24.3 Å². The Morgan fingerprint density at radius 3 is 2.55 bits per heavy atom. The Bertz CT molecular complexity index is 1530. The van der Waals surface area contributed by atoms with Crippen molar-refractivity contribution in [3.05, 3.63) is 59.3 Å². The van der Waals surface area contributed by atoms with E-state index in [9.17, 15) is 9.59 Å². The second-order valence-corrected chi connectivity index (χ2v) is 10.7. The van der Waals surface area contributed by atoms with Crippen molar-refractivity contribution >= 4 is 40.4 Å². The minimum absolute atomic E-state index is 0.204. The van der Waals surface area contributed by atoms with Gasteiger partial charge in [-0.2, -0.15) is 4.98 Å². The summed E-state index contributed by atoms with van der Waals surface area (Å²) in [4.78, 5) is 41.5. The van der Waals surface area contributed by atoms with Gasteiger partial charge < -0.3 is 15.0 Å². The first kappa shape index (κ1) is 25.2. The van der Waals surface area contributed by atoms with Gasteiger partial charge in [-0.1, -0.05) is 6.07 Å². The van der Waals surface area contributed by atoms with Gasteiger partial charge in [0.05, 0.1) is 23.8 Å². The molecule has 0 aliphatic heterocycles. The molecule has 3 aromatic heterocycles. The summed E-state index contributed by atoms with van der Waals surface area (Å²) in [6.45, 7) is 6.02. The van der Waals surface area contributed by atoms with Crippen LogP contribution in [0.1, 0.15) is 33.6 Å². The van der Waals surface area contributed by atoms with Gasteiger partial charge in [0.25, 0.3) is 0 Å². The van der Waals surface area contributed by atoms with Gasteiger partial charge in [-0.3, -0.25) is 9.88 Å². The molecule has 1 fully saturated rings. The SMILES string of the molecule is CN(C)c1ccc(Nc2ncc3c(n2)n(-c2cccc(NC(=O)OC(C)(C)C)c2)c(=O)n3CC2CC2)cn1. The van der Waals surface area contributed by atoms with Crippen LogP contribution in [0.5, 0.6) is 0 Å². The van der Waals surface area contributed by atoms with Gasteiger partial charge in [-0.15, -0.1) is 0 Å². The molecule has 38 heavy (non-hydrogen) atoms. The first-order valence-electron chi connectivity index (χ1n) is 12.6. The molecule has 1 aromatic carbocycles. The van der Waals surface area contributed by atoms with E-state index in [4.69, 9.17) is 9.72 Å². The zero-order valence-electron chi connectivity index (χ0n) is 22.2. The molecule has 1 aliphatic carbocycles. The summed E-state index contributed by atoms with van der Waals surface area (Å²) in [5.41, 5.74) is 2.10. The molecule has 0 unspecified atom stereocenters. The minimum atomic E-state index is -0.627. The third-order valence-corrected chi connectivity index (χ3v) is 6.02. The molecule has 1 aliphatic rings. The number of rotatable bonds is 7. The van der Waals surface area contributed by atoms with Crippen LogP contribution in [0.2, 0.25) is 0 Å². The van der Waals surface area contributed by atoms with Gasteiger partial charge in [-0.25, -0.2) is 24.1 Å². The molecule has 3 heterocycles. The van der Waals surface area contributed by atoms with Gasteiger partial charge in [0.2, 0.25) is 5.95 Å². The predicted molar refractivity (Wildman–Crippen MR) is 148 cm³/mol. The summed E-state index contributed by atoms with van der Waals surface area (Å²) in [7, 11) is 3.85.